The van der Waals surface area contributed by atoms with Crippen molar-refractivity contribution >= 4 is 46.7 Å². The molecule has 39 heavy (non-hydrogen) atoms. The summed E-state index contributed by atoms with van der Waals surface area (Å²) in [7, 11) is 0. The van der Waals surface area contributed by atoms with E-state index in [2.05, 4.69) is 26.1 Å². The number of aliphatic carboxylic acids is 1. The van der Waals surface area contributed by atoms with Crippen molar-refractivity contribution in [3.63, 3.8) is 0 Å². The van der Waals surface area contributed by atoms with Gasteiger partial charge in [-0.1, -0.05) is 56.1 Å². The Hall–Kier alpha value is -2.90. The Kier molecular flexibility index (Phi) is 8.43. The van der Waals surface area contributed by atoms with Crippen LogP contribution in [0.1, 0.15) is 87.3 Å². The molecule has 0 bridgehead atoms. The first-order chi connectivity index (χ1) is 18.3. The molecule has 7 nitrogen and oxygen atoms in total. The average molecular weight is 573 g/mol. The number of aliphatic imine (C=N–C) groups is 1. The molecule has 208 valence electrons. The fourth-order valence-corrected chi connectivity index (χ4v) is 6.30. The summed E-state index contributed by atoms with van der Waals surface area (Å²) in [6.07, 6.45) is 3.29. The molecular formula is C30H35Cl2N3O4. The van der Waals surface area contributed by atoms with Crippen LogP contribution in [0.3, 0.4) is 0 Å². The smallest absolute Gasteiger partial charge is 0.305 e. The first kappa shape index (κ1) is 29.1. The fourth-order valence-electron chi connectivity index (χ4n) is 5.77. The lowest BCUT2D eigenvalue weighted by atomic mass is 9.69. The second kappa shape index (κ2) is 11.3. The standard InChI is InChI=1S/C30H35Cl2N3O4/c1-18(19-5-7-20(8-6-19)27(38)33-14-11-25(36)37)35-28(39)26(21-15-23(31)17-24(32)16-21)34-30(35)12-9-22(10-13-30)29(2,3)4/h5-8,15-18,22H,9-14H2,1-4H3,(H,33,38)(H,36,37)/t18-,22?,30?/m1/s1. The number of rotatable bonds is 7. The summed E-state index contributed by atoms with van der Waals surface area (Å²) in [5, 5.41) is 12.3. The lowest BCUT2D eigenvalue weighted by Gasteiger charge is -2.46. The van der Waals surface area contributed by atoms with Crippen LogP contribution in [-0.4, -0.2) is 45.7 Å². The van der Waals surface area contributed by atoms with Gasteiger partial charge in [-0.2, -0.15) is 0 Å². The van der Waals surface area contributed by atoms with Crippen molar-refractivity contribution in [1.29, 1.82) is 0 Å². The zero-order valence-corrected chi connectivity index (χ0v) is 24.3. The van der Waals surface area contributed by atoms with Gasteiger partial charge in [0.1, 0.15) is 11.4 Å². The number of carboxylic acids is 1. The normalized spacial score (nSPS) is 22.1. The SMILES string of the molecule is C[C@H](c1ccc(C(=O)NCCC(=O)O)cc1)N1C(=O)C(c2cc(Cl)cc(Cl)c2)=NC12CCC(C(C)(C)C)CC2. The zero-order chi connectivity index (χ0) is 28.5. The van der Waals surface area contributed by atoms with Crippen molar-refractivity contribution < 1.29 is 19.5 Å². The fraction of sp³-hybridized carbons (Fsp3) is 0.467. The van der Waals surface area contributed by atoms with Crippen LogP contribution in [0.25, 0.3) is 0 Å². The molecule has 9 heteroatoms. The monoisotopic (exact) mass is 571 g/mol. The summed E-state index contributed by atoms with van der Waals surface area (Å²) in [6.45, 7) is 8.83. The van der Waals surface area contributed by atoms with Crippen LogP contribution >= 0.6 is 23.2 Å². The summed E-state index contributed by atoms with van der Waals surface area (Å²) in [5.41, 5.74) is 1.79. The molecule has 1 spiro atoms. The third-order valence-corrected chi connectivity index (χ3v) is 8.44. The third kappa shape index (κ3) is 6.30. The van der Waals surface area contributed by atoms with Gasteiger partial charge in [-0.3, -0.25) is 19.4 Å². The van der Waals surface area contributed by atoms with Gasteiger partial charge in [0, 0.05) is 27.7 Å². The Morgan fingerprint density at radius 2 is 1.69 bits per heavy atom. The van der Waals surface area contributed by atoms with Gasteiger partial charge in [-0.15, -0.1) is 0 Å². The maximum Gasteiger partial charge on any atom is 0.305 e. The molecule has 2 aromatic rings. The maximum atomic E-state index is 14.0. The summed E-state index contributed by atoms with van der Waals surface area (Å²) >= 11 is 12.6. The number of hydrogen-bond acceptors (Lipinski definition) is 4. The molecule has 0 aromatic heterocycles. The van der Waals surface area contributed by atoms with Crippen LogP contribution in [0.4, 0.5) is 0 Å². The third-order valence-electron chi connectivity index (χ3n) is 8.00. The Labute approximate surface area is 239 Å². The first-order valence-corrected chi connectivity index (χ1v) is 14.1. The molecule has 1 aliphatic heterocycles. The van der Waals surface area contributed by atoms with Crippen molar-refractivity contribution in [2.24, 2.45) is 16.3 Å². The highest BCUT2D eigenvalue weighted by Gasteiger charge is 2.52. The Bertz CT molecular complexity index is 1270. The van der Waals surface area contributed by atoms with Gasteiger partial charge >= 0.3 is 5.97 Å². The van der Waals surface area contributed by atoms with Crippen molar-refractivity contribution in [1.82, 2.24) is 10.2 Å². The van der Waals surface area contributed by atoms with Crippen LogP contribution in [0, 0.1) is 11.3 Å². The quantitative estimate of drug-likeness (QED) is 0.395. The van der Waals surface area contributed by atoms with Crippen LogP contribution in [-0.2, 0) is 9.59 Å². The average Bonchev–Trinajstić information content (AvgIpc) is 3.13. The molecule has 0 saturated heterocycles. The minimum atomic E-state index is -0.971. The van der Waals surface area contributed by atoms with Gasteiger partial charge in [-0.05, 0) is 79.8 Å². The van der Waals surface area contributed by atoms with Crippen LogP contribution in [0.15, 0.2) is 47.5 Å². The molecule has 1 aliphatic carbocycles. The highest BCUT2D eigenvalue weighted by atomic mass is 35.5. The first-order valence-electron chi connectivity index (χ1n) is 13.3. The predicted octanol–water partition coefficient (Wildman–Crippen LogP) is 6.52. The number of carbonyl (C=O) groups is 3. The summed E-state index contributed by atoms with van der Waals surface area (Å²) in [6, 6.07) is 11.9. The molecule has 1 atom stereocenters. The van der Waals surface area contributed by atoms with Gasteiger partial charge in [-0.25, -0.2) is 0 Å². The van der Waals surface area contributed by atoms with Crippen molar-refractivity contribution in [3.05, 3.63) is 69.2 Å². The Morgan fingerprint density at radius 3 is 2.23 bits per heavy atom. The molecular weight excluding hydrogens is 537 g/mol. The lowest BCUT2D eigenvalue weighted by molar-refractivity contribution is -0.137. The molecule has 1 saturated carbocycles. The zero-order valence-electron chi connectivity index (χ0n) is 22.8. The molecule has 0 unspecified atom stereocenters. The molecule has 1 fully saturated rings. The van der Waals surface area contributed by atoms with Crippen molar-refractivity contribution in [2.45, 2.75) is 71.5 Å². The topological polar surface area (TPSA) is 99.1 Å². The van der Waals surface area contributed by atoms with E-state index in [1.165, 1.54) is 0 Å². The number of carbonyl (C=O) groups excluding carboxylic acids is 2. The summed E-state index contributed by atoms with van der Waals surface area (Å²) in [4.78, 5) is 44.2. The van der Waals surface area contributed by atoms with E-state index in [-0.39, 0.29) is 36.2 Å². The molecule has 2 amide bonds. The van der Waals surface area contributed by atoms with E-state index in [4.69, 9.17) is 33.3 Å². The van der Waals surface area contributed by atoms with Gasteiger partial charge < -0.3 is 15.3 Å². The summed E-state index contributed by atoms with van der Waals surface area (Å²) in [5.74, 6) is -0.935. The number of benzene rings is 2. The maximum absolute atomic E-state index is 14.0. The lowest BCUT2D eigenvalue weighted by Crippen LogP contribution is -2.50. The number of halogens is 2. The van der Waals surface area contributed by atoms with Gasteiger partial charge in [0.05, 0.1) is 12.5 Å². The molecule has 2 aliphatic rings. The van der Waals surface area contributed by atoms with Crippen LogP contribution < -0.4 is 5.32 Å². The Balaban J connectivity index is 1.63. The van der Waals surface area contributed by atoms with Gasteiger partial charge in [0.2, 0.25) is 0 Å². The Morgan fingerprint density at radius 1 is 1.10 bits per heavy atom. The van der Waals surface area contributed by atoms with E-state index in [1.54, 1.807) is 30.3 Å². The van der Waals surface area contributed by atoms with E-state index >= 15 is 0 Å². The molecule has 2 aromatic carbocycles. The van der Waals surface area contributed by atoms with Gasteiger partial charge in [0.25, 0.3) is 11.8 Å². The minimum absolute atomic E-state index is 0.0559. The summed E-state index contributed by atoms with van der Waals surface area (Å²) < 4.78 is 0. The largest absolute Gasteiger partial charge is 0.481 e. The highest BCUT2D eigenvalue weighted by Crippen LogP contribution is 2.49. The van der Waals surface area contributed by atoms with Crippen molar-refractivity contribution in [3.8, 4) is 0 Å². The second-order valence-corrected chi connectivity index (χ2v) is 12.5. The molecule has 0 radical (unpaired) electrons. The minimum Gasteiger partial charge on any atom is -0.481 e. The van der Waals surface area contributed by atoms with Gasteiger partial charge in [0.15, 0.2) is 0 Å². The van der Waals surface area contributed by atoms with E-state index in [1.807, 2.05) is 24.0 Å². The van der Waals surface area contributed by atoms with E-state index in [0.717, 1.165) is 31.2 Å². The number of hydrogen-bond donors (Lipinski definition) is 2. The van der Waals surface area contributed by atoms with E-state index in [9.17, 15) is 14.4 Å². The molecule has 2 N–H and O–H groups in total. The number of carboxylic acid groups (broad SMARTS) is 1. The van der Waals surface area contributed by atoms with E-state index < -0.39 is 11.6 Å². The van der Waals surface area contributed by atoms with E-state index in [0.29, 0.717) is 32.8 Å². The number of nitrogens with zero attached hydrogens (tertiary/aromatic N) is 2. The van der Waals surface area contributed by atoms with Crippen LogP contribution in [0.5, 0.6) is 0 Å². The molecule has 1 heterocycles. The second-order valence-electron chi connectivity index (χ2n) is 11.6. The van der Waals surface area contributed by atoms with Crippen LogP contribution in [0.2, 0.25) is 10.0 Å². The van der Waals surface area contributed by atoms with Crippen molar-refractivity contribution in [2.75, 3.05) is 6.54 Å². The molecule has 4 rings (SSSR count). The number of amides is 2. The predicted molar refractivity (Wildman–Crippen MR) is 153 cm³/mol. The number of nitrogens with one attached hydrogen (secondary N) is 1. The highest BCUT2D eigenvalue weighted by molar-refractivity contribution is 6.47.